The van der Waals surface area contributed by atoms with Crippen molar-refractivity contribution in [3.05, 3.63) is 75.8 Å². The number of hydrogen-bond donors (Lipinski definition) is 1. The highest BCUT2D eigenvalue weighted by atomic mass is 35.5. The summed E-state index contributed by atoms with van der Waals surface area (Å²) in [6.45, 7) is 15.5. The maximum atomic E-state index is 10.3. The van der Waals surface area contributed by atoms with Gasteiger partial charge in [0.2, 0.25) is 3.95 Å². The van der Waals surface area contributed by atoms with E-state index in [0.717, 1.165) is 52.2 Å². The zero-order valence-corrected chi connectivity index (χ0v) is 19.6. The highest BCUT2D eigenvalue weighted by molar-refractivity contribution is 7.73. The lowest BCUT2D eigenvalue weighted by Gasteiger charge is -2.21. The Morgan fingerprint density at radius 2 is 1.90 bits per heavy atom. The minimum Gasteiger partial charge on any atom is -0.491 e. The lowest BCUT2D eigenvalue weighted by Crippen LogP contribution is -2.21. The number of rotatable bonds is 10. The summed E-state index contributed by atoms with van der Waals surface area (Å²) in [6, 6.07) is 8.14. The van der Waals surface area contributed by atoms with E-state index in [1.807, 2.05) is 31.2 Å². The predicted molar refractivity (Wildman–Crippen MR) is 129 cm³/mol. The first-order valence-corrected chi connectivity index (χ1v) is 10.9. The number of benzene rings is 1. The molecule has 0 fully saturated rings. The van der Waals surface area contributed by atoms with Crippen molar-refractivity contribution >= 4 is 51.4 Å². The molecule has 30 heavy (non-hydrogen) atoms. The van der Waals surface area contributed by atoms with Gasteiger partial charge in [0.05, 0.1) is 0 Å². The van der Waals surface area contributed by atoms with Crippen LogP contribution >= 0.6 is 35.2 Å². The molecule has 1 N–H and O–H groups in total. The number of anilines is 1. The molecule has 2 rings (SSSR count). The van der Waals surface area contributed by atoms with E-state index >= 15 is 0 Å². The van der Waals surface area contributed by atoms with Crippen molar-refractivity contribution in [3.63, 3.8) is 0 Å². The Hall–Kier alpha value is -2.48. The van der Waals surface area contributed by atoms with Gasteiger partial charge in [-0.1, -0.05) is 59.0 Å². The summed E-state index contributed by atoms with van der Waals surface area (Å²) in [7, 11) is 0. The minimum atomic E-state index is -0.192. The quantitative estimate of drug-likeness (QED) is 0.141. The molecule has 0 saturated carbocycles. The van der Waals surface area contributed by atoms with E-state index in [2.05, 4.69) is 48.9 Å². The van der Waals surface area contributed by atoms with Crippen molar-refractivity contribution in [2.24, 2.45) is 0 Å². The van der Waals surface area contributed by atoms with Gasteiger partial charge in [0.25, 0.3) is 5.88 Å². The second kappa shape index (κ2) is 11.1. The molecule has 1 heterocycles. The number of aromatic nitrogens is 1. The molecular formula is C22H25ClN2O3S2. The third-order valence-electron chi connectivity index (χ3n) is 4.26. The Kier molecular flexibility index (Phi) is 8.77. The second-order valence-electron chi connectivity index (χ2n) is 6.28. The molecule has 0 amide bonds. The first-order chi connectivity index (χ1) is 14.3. The van der Waals surface area contributed by atoms with Gasteiger partial charge >= 0.3 is 0 Å². The van der Waals surface area contributed by atoms with Crippen molar-refractivity contribution in [3.8, 4) is 5.88 Å². The van der Waals surface area contributed by atoms with E-state index < -0.39 is 0 Å². The van der Waals surface area contributed by atoms with Crippen molar-refractivity contribution in [2.75, 3.05) is 18.0 Å². The zero-order valence-electron chi connectivity index (χ0n) is 17.2. The van der Waals surface area contributed by atoms with Gasteiger partial charge in [-0.3, -0.25) is 4.89 Å². The van der Waals surface area contributed by atoms with E-state index in [1.54, 1.807) is 0 Å². The van der Waals surface area contributed by atoms with Gasteiger partial charge in [0.1, 0.15) is 11.1 Å². The molecule has 2 aromatic rings. The van der Waals surface area contributed by atoms with Crippen molar-refractivity contribution < 1.29 is 15.0 Å². The summed E-state index contributed by atoms with van der Waals surface area (Å²) in [5.74, 6) is -0.192. The topological polar surface area (TPSA) is 46.9 Å². The first-order valence-electron chi connectivity index (χ1n) is 9.32. The van der Waals surface area contributed by atoms with Crippen LogP contribution in [0.3, 0.4) is 0 Å². The Balaban J connectivity index is 2.20. The van der Waals surface area contributed by atoms with Crippen LogP contribution in [-0.2, 0) is 4.89 Å². The minimum absolute atomic E-state index is 0.192. The molecule has 0 unspecified atom stereocenters. The maximum Gasteiger partial charge on any atom is 0.250 e. The fourth-order valence-corrected chi connectivity index (χ4v) is 4.19. The monoisotopic (exact) mass is 464 g/mol. The van der Waals surface area contributed by atoms with E-state index in [0.29, 0.717) is 15.5 Å². The highest BCUT2D eigenvalue weighted by Crippen LogP contribution is 2.33. The van der Waals surface area contributed by atoms with Gasteiger partial charge < -0.3 is 10.0 Å². The van der Waals surface area contributed by atoms with Crippen LogP contribution in [0.5, 0.6) is 5.88 Å². The molecule has 0 aliphatic carbocycles. The third kappa shape index (κ3) is 5.78. The average Bonchev–Trinajstić information content (AvgIpc) is 3.01. The summed E-state index contributed by atoms with van der Waals surface area (Å²) in [5.41, 5.74) is 3.52. The van der Waals surface area contributed by atoms with Gasteiger partial charge in [-0.05, 0) is 67.9 Å². The summed E-state index contributed by atoms with van der Waals surface area (Å²) < 4.78 is 1.27. The standard InChI is InChI=1S/C22H25ClN2O3S2/c1-6-24(7-2)18-11-9-17(10-12-18)19(23)14-15(4)13-16(5)20-21(26)25(22(29)30-20)28-27-8-3/h8-14,26H,3,5-7H2,1-2,4H3/b15-13+,19-14-. The summed E-state index contributed by atoms with van der Waals surface area (Å²) in [4.78, 5) is 12.2. The predicted octanol–water partition coefficient (Wildman–Crippen LogP) is 6.57. The number of allylic oxidation sites excluding steroid dienone is 4. The van der Waals surface area contributed by atoms with Crippen LogP contribution in [0, 0.1) is 3.95 Å². The molecule has 1 aromatic heterocycles. The number of thiazole rings is 1. The third-order valence-corrected chi connectivity index (χ3v) is 5.99. The molecule has 0 saturated heterocycles. The number of nitrogens with zero attached hydrogens (tertiary/aromatic N) is 2. The summed E-state index contributed by atoms with van der Waals surface area (Å²) >= 11 is 12.8. The summed E-state index contributed by atoms with van der Waals surface area (Å²) in [6.07, 6.45) is 4.74. The smallest absolute Gasteiger partial charge is 0.250 e. The highest BCUT2D eigenvalue weighted by Gasteiger charge is 2.15. The molecule has 0 atom stereocenters. The lowest BCUT2D eigenvalue weighted by molar-refractivity contribution is -0.251. The largest absolute Gasteiger partial charge is 0.491 e. The molecule has 0 bridgehead atoms. The molecule has 0 aliphatic rings. The van der Waals surface area contributed by atoms with Gasteiger partial charge in [-0.15, -0.1) is 0 Å². The van der Waals surface area contributed by atoms with Gasteiger partial charge in [-0.2, -0.15) is 4.99 Å². The fourth-order valence-electron chi connectivity index (χ4n) is 2.79. The van der Waals surface area contributed by atoms with E-state index in [9.17, 15) is 5.11 Å². The van der Waals surface area contributed by atoms with Crippen LogP contribution in [-0.4, -0.2) is 22.9 Å². The molecule has 160 valence electrons. The number of halogens is 1. The molecule has 1 aromatic carbocycles. The van der Waals surface area contributed by atoms with Crippen LogP contribution in [0.4, 0.5) is 5.69 Å². The normalized spacial score (nSPS) is 11.9. The first kappa shape index (κ1) is 23.8. The zero-order chi connectivity index (χ0) is 22.3. The molecular weight excluding hydrogens is 440 g/mol. The molecule has 0 spiro atoms. The Morgan fingerprint density at radius 1 is 1.27 bits per heavy atom. The van der Waals surface area contributed by atoms with Crippen LogP contribution in [0.15, 0.2) is 61.4 Å². The van der Waals surface area contributed by atoms with E-state index in [-0.39, 0.29) is 9.83 Å². The Labute approximate surface area is 191 Å². The van der Waals surface area contributed by atoms with Crippen molar-refractivity contribution in [1.29, 1.82) is 0 Å². The van der Waals surface area contributed by atoms with Crippen molar-refractivity contribution in [2.45, 2.75) is 20.8 Å². The SMILES string of the molecule is C=COOn1c(O)c(C(=C)/C=C(C)/C=C(\Cl)c2ccc(N(CC)CC)cc2)sc1=S. The number of hydrogen-bond acceptors (Lipinski definition) is 6. The maximum absolute atomic E-state index is 10.3. The molecule has 5 nitrogen and oxygen atoms in total. The average molecular weight is 465 g/mol. The molecule has 0 aliphatic heterocycles. The lowest BCUT2D eigenvalue weighted by atomic mass is 10.1. The van der Waals surface area contributed by atoms with Gasteiger partial charge in [-0.25, -0.2) is 0 Å². The summed E-state index contributed by atoms with van der Waals surface area (Å²) in [5, 5.41) is 10.9. The van der Waals surface area contributed by atoms with Crippen LogP contribution in [0.1, 0.15) is 31.2 Å². The van der Waals surface area contributed by atoms with Gasteiger partial charge in [0.15, 0.2) is 0 Å². The van der Waals surface area contributed by atoms with Crippen LogP contribution in [0.25, 0.3) is 10.6 Å². The van der Waals surface area contributed by atoms with Crippen molar-refractivity contribution in [1.82, 2.24) is 4.73 Å². The number of aromatic hydroxyl groups is 1. The fraction of sp³-hybridized carbons (Fsp3) is 0.227. The Bertz CT molecular complexity index is 1020. The van der Waals surface area contributed by atoms with Crippen LogP contribution < -0.4 is 9.89 Å². The molecule has 8 heteroatoms. The van der Waals surface area contributed by atoms with E-state index in [1.165, 1.54) is 0 Å². The van der Waals surface area contributed by atoms with E-state index in [4.69, 9.17) is 28.8 Å². The Morgan fingerprint density at radius 3 is 2.47 bits per heavy atom. The van der Waals surface area contributed by atoms with Crippen LogP contribution in [0.2, 0.25) is 0 Å². The molecule has 0 radical (unpaired) electrons. The van der Waals surface area contributed by atoms with Gasteiger partial charge in [0, 0.05) is 23.8 Å². The second-order valence-corrected chi connectivity index (χ2v) is 8.33.